The molecule has 0 radical (unpaired) electrons. The lowest BCUT2D eigenvalue weighted by Crippen LogP contribution is -2.60. The van der Waals surface area contributed by atoms with Gasteiger partial charge in [-0.2, -0.15) is 4.98 Å². The topological polar surface area (TPSA) is 84.3 Å². The maximum atomic E-state index is 14.8. The summed E-state index contributed by atoms with van der Waals surface area (Å²) >= 11 is 0. The third kappa shape index (κ3) is 4.06. The molecule has 0 N–H and O–H groups in total. The molecule has 34 heavy (non-hydrogen) atoms. The number of carbonyl (C=O) groups excluding carboxylic acids is 1. The first-order chi connectivity index (χ1) is 16.2. The molecule has 10 heteroatoms. The number of amides is 1. The van der Waals surface area contributed by atoms with Gasteiger partial charge in [-0.25, -0.2) is 23.7 Å². The van der Waals surface area contributed by atoms with Crippen LogP contribution >= 0.6 is 0 Å². The number of aryl methyl sites for hydroxylation is 2. The fourth-order valence-corrected chi connectivity index (χ4v) is 4.53. The summed E-state index contributed by atoms with van der Waals surface area (Å²) in [5.74, 6) is -0.703. The van der Waals surface area contributed by atoms with Crippen molar-refractivity contribution in [3.05, 3.63) is 41.2 Å². The number of halogens is 2. The third-order valence-corrected chi connectivity index (χ3v) is 6.57. The molecule has 0 aliphatic carbocycles. The van der Waals surface area contributed by atoms with E-state index in [1.54, 1.807) is 11.8 Å². The van der Waals surface area contributed by atoms with Crippen molar-refractivity contribution in [2.45, 2.75) is 39.9 Å². The van der Waals surface area contributed by atoms with E-state index in [4.69, 9.17) is 9.72 Å². The van der Waals surface area contributed by atoms with Crippen molar-refractivity contribution >= 4 is 23.0 Å². The molecule has 4 heterocycles. The molecule has 0 spiro atoms. The Hall–Kier alpha value is -3.27. The highest BCUT2D eigenvalue weighted by molar-refractivity contribution is 5.88. The molecular weight excluding hydrogens is 442 g/mol. The Bertz CT molecular complexity index is 1280. The lowest BCUT2D eigenvalue weighted by molar-refractivity contribution is -0.142. The standard InChI is InChI=1S/C24H26F2N6O2/c1-12-8-32(11-20(34-12)16-9-31(10-16)15(4)33)24-29-21(18-6-5-17(25)7-19(18)26)22-23(30-24)28-14(3)13(2)27-22/h5-7,12,16,20H,8-11H2,1-4H3/t12-,20+/m1/s1. The van der Waals surface area contributed by atoms with Crippen molar-refractivity contribution in [2.24, 2.45) is 5.92 Å². The van der Waals surface area contributed by atoms with Crippen molar-refractivity contribution in [3.63, 3.8) is 0 Å². The van der Waals surface area contributed by atoms with Gasteiger partial charge < -0.3 is 14.5 Å². The van der Waals surface area contributed by atoms with Gasteiger partial charge in [0.15, 0.2) is 5.65 Å². The molecule has 0 saturated carbocycles. The molecule has 1 aromatic carbocycles. The van der Waals surface area contributed by atoms with Gasteiger partial charge in [0.05, 0.1) is 23.6 Å². The van der Waals surface area contributed by atoms with Gasteiger partial charge in [0.2, 0.25) is 11.9 Å². The molecule has 8 nitrogen and oxygen atoms in total. The zero-order valence-electron chi connectivity index (χ0n) is 19.5. The van der Waals surface area contributed by atoms with Crippen LogP contribution in [0, 0.1) is 31.4 Å². The number of nitrogens with zero attached hydrogens (tertiary/aromatic N) is 6. The van der Waals surface area contributed by atoms with E-state index < -0.39 is 11.6 Å². The van der Waals surface area contributed by atoms with E-state index in [-0.39, 0.29) is 35.3 Å². The van der Waals surface area contributed by atoms with Crippen molar-refractivity contribution in [2.75, 3.05) is 31.1 Å². The number of carbonyl (C=O) groups is 1. The van der Waals surface area contributed by atoms with Crippen LogP contribution in [0.4, 0.5) is 14.7 Å². The maximum Gasteiger partial charge on any atom is 0.228 e. The Morgan fingerprint density at radius 1 is 1.03 bits per heavy atom. The lowest BCUT2D eigenvalue weighted by atomic mass is 9.92. The van der Waals surface area contributed by atoms with Gasteiger partial charge in [-0.05, 0) is 32.9 Å². The summed E-state index contributed by atoms with van der Waals surface area (Å²) < 4.78 is 34.6. The SMILES string of the molecule is CC(=O)N1CC([C@@H]2CN(c3nc(-c4ccc(F)cc4F)c4nc(C)c(C)nc4n3)C[C@@H](C)O2)C1. The first-order valence-corrected chi connectivity index (χ1v) is 11.3. The van der Waals surface area contributed by atoms with Gasteiger partial charge in [-0.3, -0.25) is 4.79 Å². The molecule has 2 fully saturated rings. The van der Waals surface area contributed by atoms with E-state index in [0.29, 0.717) is 49.0 Å². The van der Waals surface area contributed by atoms with Crippen molar-refractivity contribution in [1.29, 1.82) is 0 Å². The van der Waals surface area contributed by atoms with Crippen LogP contribution in [0.1, 0.15) is 25.2 Å². The highest BCUT2D eigenvalue weighted by Crippen LogP contribution is 2.32. The van der Waals surface area contributed by atoms with Gasteiger partial charge in [0, 0.05) is 50.7 Å². The number of fused-ring (bicyclic) bond motifs is 1. The quantitative estimate of drug-likeness (QED) is 0.584. The summed E-state index contributed by atoms with van der Waals surface area (Å²) in [5.41, 5.74) is 2.54. The number of hydrogen-bond donors (Lipinski definition) is 0. The number of ether oxygens (including phenoxy) is 1. The number of likely N-dealkylation sites (tertiary alicyclic amines) is 1. The number of hydrogen-bond acceptors (Lipinski definition) is 7. The number of rotatable bonds is 3. The second-order valence-corrected chi connectivity index (χ2v) is 9.14. The smallest absolute Gasteiger partial charge is 0.228 e. The second-order valence-electron chi connectivity index (χ2n) is 9.14. The monoisotopic (exact) mass is 468 g/mol. The molecule has 3 aromatic rings. The molecular formula is C24H26F2N6O2. The zero-order chi connectivity index (χ0) is 24.1. The number of benzene rings is 1. The van der Waals surface area contributed by atoms with Crippen molar-refractivity contribution < 1.29 is 18.3 Å². The minimum atomic E-state index is -0.724. The maximum absolute atomic E-state index is 14.8. The van der Waals surface area contributed by atoms with Crippen molar-refractivity contribution in [3.8, 4) is 11.3 Å². The normalized spacial score (nSPS) is 21.1. The molecule has 1 amide bonds. The Balaban J connectivity index is 1.55. The van der Waals surface area contributed by atoms with E-state index >= 15 is 0 Å². The van der Waals surface area contributed by atoms with Crippen LogP contribution < -0.4 is 4.90 Å². The Kier molecular flexibility index (Phi) is 5.63. The third-order valence-electron chi connectivity index (χ3n) is 6.57. The van der Waals surface area contributed by atoms with Crippen LogP contribution in [0.25, 0.3) is 22.4 Å². The molecule has 5 rings (SSSR count). The first kappa shape index (κ1) is 22.5. The summed E-state index contributed by atoms with van der Waals surface area (Å²) in [6.45, 7) is 9.62. The summed E-state index contributed by atoms with van der Waals surface area (Å²) in [5, 5.41) is 0. The average molecular weight is 469 g/mol. The van der Waals surface area contributed by atoms with Crippen LogP contribution in [0.2, 0.25) is 0 Å². The van der Waals surface area contributed by atoms with E-state index in [1.165, 1.54) is 12.1 Å². The van der Waals surface area contributed by atoms with Crippen LogP contribution in [0.5, 0.6) is 0 Å². The van der Waals surface area contributed by atoms with Crippen LogP contribution in [0.3, 0.4) is 0 Å². The van der Waals surface area contributed by atoms with E-state index in [9.17, 15) is 13.6 Å². The predicted octanol–water partition coefficient (Wildman–Crippen LogP) is 3.05. The highest BCUT2D eigenvalue weighted by Gasteiger charge is 2.40. The fraction of sp³-hybridized carbons (Fsp3) is 0.458. The molecule has 2 saturated heterocycles. The summed E-state index contributed by atoms with van der Waals surface area (Å²) in [7, 11) is 0. The molecule has 2 atom stereocenters. The lowest BCUT2D eigenvalue weighted by Gasteiger charge is -2.47. The molecule has 0 bridgehead atoms. The molecule has 2 aromatic heterocycles. The van der Waals surface area contributed by atoms with Gasteiger partial charge in [-0.15, -0.1) is 0 Å². The van der Waals surface area contributed by atoms with E-state index in [2.05, 4.69) is 15.0 Å². The van der Waals surface area contributed by atoms with Gasteiger partial charge in [0.1, 0.15) is 22.8 Å². The zero-order valence-corrected chi connectivity index (χ0v) is 19.5. The number of morpholine rings is 1. The van der Waals surface area contributed by atoms with Gasteiger partial charge >= 0.3 is 0 Å². The minimum Gasteiger partial charge on any atom is -0.371 e. The van der Waals surface area contributed by atoms with Gasteiger partial charge in [0.25, 0.3) is 0 Å². The Morgan fingerprint density at radius 2 is 1.76 bits per heavy atom. The summed E-state index contributed by atoms with van der Waals surface area (Å²) in [6.07, 6.45) is -0.170. The van der Waals surface area contributed by atoms with E-state index in [1.807, 2.05) is 25.7 Å². The average Bonchev–Trinajstić information content (AvgIpc) is 2.72. The largest absolute Gasteiger partial charge is 0.371 e. The number of anilines is 1. The minimum absolute atomic E-state index is 0.0602. The molecule has 178 valence electrons. The second kappa shape index (κ2) is 8.50. The molecule has 2 aliphatic rings. The Morgan fingerprint density at radius 3 is 2.47 bits per heavy atom. The van der Waals surface area contributed by atoms with Crippen molar-refractivity contribution in [1.82, 2.24) is 24.8 Å². The fourth-order valence-electron chi connectivity index (χ4n) is 4.53. The van der Waals surface area contributed by atoms with Crippen LogP contribution in [-0.2, 0) is 9.53 Å². The highest BCUT2D eigenvalue weighted by atomic mass is 19.1. The van der Waals surface area contributed by atoms with Crippen LogP contribution in [0.15, 0.2) is 18.2 Å². The predicted molar refractivity (Wildman–Crippen MR) is 122 cm³/mol. The summed E-state index contributed by atoms with van der Waals surface area (Å²) in [4.78, 5) is 33.9. The number of aromatic nitrogens is 4. The van der Waals surface area contributed by atoms with Gasteiger partial charge in [-0.1, -0.05) is 0 Å². The first-order valence-electron chi connectivity index (χ1n) is 11.3. The molecule has 2 aliphatic heterocycles. The summed E-state index contributed by atoms with van der Waals surface area (Å²) in [6, 6.07) is 3.40. The van der Waals surface area contributed by atoms with E-state index in [0.717, 1.165) is 11.8 Å². The van der Waals surface area contributed by atoms with Crippen LogP contribution in [-0.4, -0.2) is 69.1 Å². The molecule has 0 unspecified atom stereocenters. The Labute approximate surface area is 196 Å².